The van der Waals surface area contributed by atoms with E-state index >= 15 is 0 Å². The normalized spacial score (nSPS) is 12.0. The van der Waals surface area contributed by atoms with E-state index in [0.29, 0.717) is 18.9 Å². The van der Waals surface area contributed by atoms with Crippen LogP contribution in [0.25, 0.3) is 0 Å². The number of carbonyl (C=O) groups is 1. The Labute approximate surface area is 121 Å². The molecule has 5 heteroatoms. The van der Waals surface area contributed by atoms with E-state index in [4.69, 9.17) is 5.73 Å². The molecule has 2 aromatic carbocycles. The molecule has 3 N–H and O–H groups in total. The van der Waals surface area contributed by atoms with Crippen LogP contribution in [-0.2, 0) is 11.2 Å². The standard InChI is InChI=1S/C16H16F2N2O/c17-12-7-9-15(13(18)10-12)20-16(21)14(19)8-6-11-4-2-1-3-5-11/h1-5,7,9-10,14H,6,8,19H2,(H,20,21)/t14-/m0/s1. The van der Waals surface area contributed by atoms with Crippen molar-refractivity contribution in [2.45, 2.75) is 18.9 Å². The maximum atomic E-state index is 13.4. The minimum absolute atomic E-state index is 0.0726. The molecule has 0 radical (unpaired) electrons. The van der Waals surface area contributed by atoms with Crippen LogP contribution < -0.4 is 11.1 Å². The Morgan fingerprint density at radius 3 is 2.52 bits per heavy atom. The van der Waals surface area contributed by atoms with E-state index < -0.39 is 23.6 Å². The minimum atomic E-state index is -0.821. The zero-order chi connectivity index (χ0) is 15.2. The van der Waals surface area contributed by atoms with Gasteiger partial charge in [0.1, 0.15) is 11.6 Å². The highest BCUT2D eigenvalue weighted by Crippen LogP contribution is 2.15. The van der Waals surface area contributed by atoms with Crippen LogP contribution >= 0.6 is 0 Å². The van der Waals surface area contributed by atoms with Gasteiger partial charge in [-0.15, -0.1) is 0 Å². The zero-order valence-corrected chi connectivity index (χ0v) is 11.4. The van der Waals surface area contributed by atoms with Crippen LogP contribution in [0, 0.1) is 11.6 Å². The van der Waals surface area contributed by atoms with Crippen molar-refractivity contribution < 1.29 is 13.6 Å². The molecule has 0 aliphatic rings. The first-order valence-corrected chi connectivity index (χ1v) is 6.61. The Morgan fingerprint density at radius 2 is 1.86 bits per heavy atom. The summed E-state index contributed by atoms with van der Waals surface area (Å²) in [6, 6.07) is 11.8. The fraction of sp³-hybridized carbons (Fsp3) is 0.188. The highest BCUT2D eigenvalue weighted by atomic mass is 19.1. The molecule has 0 spiro atoms. The van der Waals surface area contributed by atoms with E-state index in [9.17, 15) is 13.6 Å². The summed E-state index contributed by atoms with van der Waals surface area (Å²) in [6.07, 6.45) is 1.10. The summed E-state index contributed by atoms with van der Waals surface area (Å²) in [6.45, 7) is 0. The molecular formula is C16H16F2N2O. The van der Waals surface area contributed by atoms with Crippen molar-refractivity contribution in [3.63, 3.8) is 0 Å². The minimum Gasteiger partial charge on any atom is -0.322 e. The molecule has 0 heterocycles. The number of nitrogens with two attached hydrogens (primary N) is 1. The van der Waals surface area contributed by atoms with Crippen molar-refractivity contribution in [3.8, 4) is 0 Å². The highest BCUT2D eigenvalue weighted by molar-refractivity contribution is 5.94. The van der Waals surface area contributed by atoms with Crippen molar-refractivity contribution in [1.82, 2.24) is 0 Å². The van der Waals surface area contributed by atoms with Crippen molar-refractivity contribution >= 4 is 11.6 Å². The first-order chi connectivity index (χ1) is 10.1. The number of aryl methyl sites for hydroxylation is 1. The average Bonchev–Trinajstić information content (AvgIpc) is 2.48. The maximum Gasteiger partial charge on any atom is 0.241 e. The number of rotatable bonds is 5. The van der Waals surface area contributed by atoms with E-state index in [-0.39, 0.29) is 5.69 Å². The topological polar surface area (TPSA) is 55.1 Å². The summed E-state index contributed by atoms with van der Waals surface area (Å²) in [5.74, 6) is -2.01. The van der Waals surface area contributed by atoms with Gasteiger partial charge in [0.25, 0.3) is 0 Å². The lowest BCUT2D eigenvalue weighted by atomic mass is 10.1. The molecule has 1 atom stereocenters. The highest BCUT2D eigenvalue weighted by Gasteiger charge is 2.15. The lowest BCUT2D eigenvalue weighted by Crippen LogP contribution is -2.36. The number of carbonyl (C=O) groups excluding carboxylic acids is 1. The van der Waals surface area contributed by atoms with Gasteiger partial charge in [-0.2, -0.15) is 0 Å². The van der Waals surface area contributed by atoms with Gasteiger partial charge in [0.15, 0.2) is 0 Å². The molecule has 0 saturated carbocycles. The summed E-state index contributed by atoms with van der Waals surface area (Å²) in [5.41, 5.74) is 6.79. The lowest BCUT2D eigenvalue weighted by Gasteiger charge is -2.12. The van der Waals surface area contributed by atoms with Crippen LogP contribution in [-0.4, -0.2) is 11.9 Å². The predicted octanol–water partition coefficient (Wildman–Crippen LogP) is 2.86. The number of hydrogen-bond donors (Lipinski definition) is 2. The van der Waals surface area contributed by atoms with Crippen molar-refractivity contribution in [2.24, 2.45) is 5.73 Å². The van der Waals surface area contributed by atoms with Crippen LogP contribution in [0.3, 0.4) is 0 Å². The van der Waals surface area contributed by atoms with Gasteiger partial charge >= 0.3 is 0 Å². The molecule has 1 amide bonds. The SMILES string of the molecule is N[C@@H](CCc1ccccc1)C(=O)Nc1ccc(F)cc1F. The molecule has 0 fully saturated rings. The molecule has 0 saturated heterocycles. The number of amides is 1. The summed E-state index contributed by atoms with van der Waals surface area (Å²) in [4.78, 5) is 11.9. The molecule has 2 rings (SSSR count). The zero-order valence-electron chi connectivity index (χ0n) is 11.4. The second-order valence-electron chi connectivity index (χ2n) is 4.74. The van der Waals surface area contributed by atoms with Gasteiger partial charge in [-0.25, -0.2) is 8.78 Å². The Hall–Kier alpha value is -2.27. The number of nitrogens with one attached hydrogen (secondary N) is 1. The van der Waals surface area contributed by atoms with Gasteiger partial charge < -0.3 is 11.1 Å². The molecule has 0 aromatic heterocycles. The lowest BCUT2D eigenvalue weighted by molar-refractivity contribution is -0.117. The first kappa shape index (κ1) is 15.1. The van der Waals surface area contributed by atoms with Crippen LogP contribution in [0.15, 0.2) is 48.5 Å². The molecule has 21 heavy (non-hydrogen) atoms. The second-order valence-corrected chi connectivity index (χ2v) is 4.74. The predicted molar refractivity (Wildman–Crippen MR) is 77.7 cm³/mol. The molecule has 110 valence electrons. The summed E-state index contributed by atoms with van der Waals surface area (Å²) >= 11 is 0. The third kappa shape index (κ3) is 4.36. The Balaban J connectivity index is 1.90. The first-order valence-electron chi connectivity index (χ1n) is 6.61. The van der Waals surface area contributed by atoms with Gasteiger partial charge in [0, 0.05) is 6.07 Å². The largest absolute Gasteiger partial charge is 0.322 e. The van der Waals surface area contributed by atoms with E-state index in [1.807, 2.05) is 30.3 Å². The van der Waals surface area contributed by atoms with Gasteiger partial charge in [-0.3, -0.25) is 4.79 Å². The van der Waals surface area contributed by atoms with Crippen molar-refractivity contribution in [3.05, 3.63) is 65.7 Å². The number of benzene rings is 2. The van der Waals surface area contributed by atoms with Crippen molar-refractivity contribution in [2.75, 3.05) is 5.32 Å². The number of anilines is 1. The fourth-order valence-electron chi connectivity index (χ4n) is 1.91. The molecule has 2 aromatic rings. The number of hydrogen-bond acceptors (Lipinski definition) is 2. The second kappa shape index (κ2) is 6.95. The van der Waals surface area contributed by atoms with Crippen LogP contribution in [0.4, 0.5) is 14.5 Å². The smallest absolute Gasteiger partial charge is 0.241 e. The van der Waals surface area contributed by atoms with Crippen molar-refractivity contribution in [1.29, 1.82) is 0 Å². The Kier molecular flexibility index (Phi) is 5.00. The summed E-state index contributed by atoms with van der Waals surface area (Å²) in [7, 11) is 0. The number of halogens is 2. The summed E-state index contributed by atoms with van der Waals surface area (Å²) < 4.78 is 26.2. The van der Waals surface area contributed by atoms with Crippen LogP contribution in [0.1, 0.15) is 12.0 Å². The molecular weight excluding hydrogens is 274 g/mol. The van der Waals surface area contributed by atoms with Crippen LogP contribution in [0.5, 0.6) is 0 Å². The van der Waals surface area contributed by atoms with E-state index in [1.165, 1.54) is 6.07 Å². The monoisotopic (exact) mass is 290 g/mol. The van der Waals surface area contributed by atoms with E-state index in [0.717, 1.165) is 11.6 Å². The third-order valence-electron chi connectivity index (χ3n) is 3.11. The third-order valence-corrected chi connectivity index (χ3v) is 3.11. The molecule has 0 unspecified atom stereocenters. The van der Waals surface area contributed by atoms with Gasteiger partial charge in [0.05, 0.1) is 11.7 Å². The average molecular weight is 290 g/mol. The van der Waals surface area contributed by atoms with E-state index in [2.05, 4.69) is 5.32 Å². The Morgan fingerprint density at radius 1 is 1.14 bits per heavy atom. The molecule has 0 bridgehead atoms. The van der Waals surface area contributed by atoms with Gasteiger partial charge in [-0.05, 0) is 30.5 Å². The fourth-order valence-corrected chi connectivity index (χ4v) is 1.91. The Bertz CT molecular complexity index is 617. The van der Waals surface area contributed by atoms with Gasteiger partial charge in [-0.1, -0.05) is 30.3 Å². The molecule has 0 aliphatic carbocycles. The van der Waals surface area contributed by atoms with Gasteiger partial charge in [0.2, 0.25) is 5.91 Å². The molecule has 0 aliphatic heterocycles. The quantitative estimate of drug-likeness (QED) is 0.889. The van der Waals surface area contributed by atoms with Crippen LogP contribution in [0.2, 0.25) is 0 Å². The summed E-state index contributed by atoms with van der Waals surface area (Å²) in [5, 5.41) is 2.37. The molecule has 3 nitrogen and oxygen atoms in total. The van der Waals surface area contributed by atoms with E-state index in [1.54, 1.807) is 0 Å². The maximum absolute atomic E-state index is 13.4.